The van der Waals surface area contributed by atoms with Crippen LogP contribution in [0.3, 0.4) is 0 Å². The molecule has 9 heteroatoms. The third-order valence-electron chi connectivity index (χ3n) is 7.12. The van der Waals surface area contributed by atoms with Crippen LogP contribution in [0.4, 0.5) is 11.8 Å². The summed E-state index contributed by atoms with van der Waals surface area (Å²) in [6.07, 6.45) is 1.91. The van der Waals surface area contributed by atoms with E-state index in [4.69, 9.17) is 15.0 Å². The van der Waals surface area contributed by atoms with Crippen LogP contribution in [0, 0.1) is 0 Å². The average molecular weight is 488 g/mol. The average Bonchev–Trinajstić information content (AvgIpc) is 3.23. The summed E-state index contributed by atoms with van der Waals surface area (Å²) in [6.45, 7) is 12.0. The Labute approximate surface area is 211 Å². The maximum Gasteiger partial charge on any atom is 0.273 e. The Morgan fingerprint density at radius 3 is 2.47 bits per heavy atom. The third-order valence-corrected chi connectivity index (χ3v) is 7.12. The van der Waals surface area contributed by atoms with Gasteiger partial charge in [0.2, 0.25) is 11.9 Å². The second kappa shape index (κ2) is 9.72. The van der Waals surface area contributed by atoms with Gasteiger partial charge in [0, 0.05) is 62.8 Å². The quantitative estimate of drug-likeness (QED) is 0.528. The number of piperazine rings is 1. The fourth-order valence-corrected chi connectivity index (χ4v) is 4.95. The molecule has 188 valence electrons. The molecule has 1 aromatic carbocycles. The number of carbonyl (C=O) groups excluding carboxylic acids is 2. The number of fused-ring (bicyclic) bond motifs is 2. The van der Waals surface area contributed by atoms with Crippen molar-refractivity contribution >= 4 is 34.4 Å². The topological polar surface area (TPSA) is 85.8 Å². The van der Waals surface area contributed by atoms with Gasteiger partial charge in [0.25, 0.3) is 5.91 Å². The number of carbonyl (C=O) groups is 2. The summed E-state index contributed by atoms with van der Waals surface area (Å²) in [5.74, 6) is 1.37. The molecule has 0 atom stereocenters. The van der Waals surface area contributed by atoms with Gasteiger partial charge in [-0.3, -0.25) is 14.6 Å². The van der Waals surface area contributed by atoms with Gasteiger partial charge in [-0.25, -0.2) is 4.98 Å². The highest BCUT2D eigenvalue weighted by Crippen LogP contribution is 2.33. The molecule has 3 aromatic rings. The van der Waals surface area contributed by atoms with Gasteiger partial charge < -0.3 is 19.6 Å². The monoisotopic (exact) mass is 487 g/mol. The Bertz CT molecular complexity index is 1300. The first-order valence-corrected chi connectivity index (χ1v) is 12.7. The first kappa shape index (κ1) is 24.0. The molecule has 5 rings (SSSR count). The molecule has 0 aliphatic carbocycles. The predicted octanol–water partition coefficient (Wildman–Crippen LogP) is 3.08. The molecular formula is C27H33N7O2. The van der Waals surface area contributed by atoms with Crippen LogP contribution in [-0.4, -0.2) is 75.3 Å². The van der Waals surface area contributed by atoms with Crippen LogP contribution in [0.1, 0.15) is 49.4 Å². The number of anilines is 2. The van der Waals surface area contributed by atoms with Crippen LogP contribution in [0.2, 0.25) is 0 Å². The maximum absolute atomic E-state index is 13.3. The molecular weight excluding hydrogens is 454 g/mol. The molecule has 1 fully saturated rings. The maximum atomic E-state index is 13.3. The largest absolute Gasteiger partial charge is 0.351 e. The van der Waals surface area contributed by atoms with Gasteiger partial charge in [0.15, 0.2) is 0 Å². The van der Waals surface area contributed by atoms with Gasteiger partial charge >= 0.3 is 0 Å². The lowest BCUT2D eigenvalue weighted by Crippen LogP contribution is -2.48. The van der Waals surface area contributed by atoms with Crippen LogP contribution in [-0.2, 0) is 17.9 Å². The molecule has 2 aliphatic heterocycles. The summed E-state index contributed by atoms with van der Waals surface area (Å²) < 4.78 is 0. The molecule has 2 amide bonds. The number of hydrogen-bond donors (Lipinski definition) is 0. The molecule has 2 aromatic heterocycles. The molecule has 0 radical (unpaired) electrons. The number of benzene rings is 1. The molecule has 2 aliphatic rings. The van der Waals surface area contributed by atoms with Crippen molar-refractivity contribution in [2.45, 2.75) is 46.8 Å². The molecule has 36 heavy (non-hydrogen) atoms. The minimum atomic E-state index is -0.0489. The zero-order chi connectivity index (χ0) is 25.4. The van der Waals surface area contributed by atoms with Gasteiger partial charge in [-0.2, -0.15) is 4.98 Å². The van der Waals surface area contributed by atoms with Crippen molar-refractivity contribution < 1.29 is 9.59 Å². The van der Waals surface area contributed by atoms with E-state index in [1.54, 1.807) is 6.92 Å². The fraction of sp³-hybridized carbons (Fsp3) is 0.444. The molecule has 0 bridgehead atoms. The Balaban J connectivity index is 1.51. The van der Waals surface area contributed by atoms with E-state index in [2.05, 4.69) is 34.9 Å². The van der Waals surface area contributed by atoms with E-state index in [0.29, 0.717) is 57.5 Å². The van der Waals surface area contributed by atoms with E-state index >= 15 is 0 Å². The van der Waals surface area contributed by atoms with E-state index in [1.165, 1.54) is 0 Å². The summed E-state index contributed by atoms with van der Waals surface area (Å²) in [4.78, 5) is 47.5. The van der Waals surface area contributed by atoms with Crippen LogP contribution < -0.4 is 9.80 Å². The van der Waals surface area contributed by atoms with Crippen molar-refractivity contribution in [2.75, 3.05) is 42.5 Å². The Morgan fingerprint density at radius 2 is 1.81 bits per heavy atom. The van der Waals surface area contributed by atoms with Gasteiger partial charge in [-0.15, -0.1) is 0 Å². The summed E-state index contributed by atoms with van der Waals surface area (Å²) in [7, 11) is 0. The fourth-order valence-electron chi connectivity index (χ4n) is 4.95. The highest BCUT2D eigenvalue weighted by molar-refractivity contribution is 5.98. The van der Waals surface area contributed by atoms with Crippen molar-refractivity contribution in [3.8, 4) is 0 Å². The van der Waals surface area contributed by atoms with Gasteiger partial charge in [-0.05, 0) is 32.2 Å². The number of rotatable bonds is 6. The van der Waals surface area contributed by atoms with Crippen LogP contribution in [0.5, 0.6) is 0 Å². The van der Waals surface area contributed by atoms with Crippen LogP contribution >= 0.6 is 0 Å². The molecule has 0 spiro atoms. The molecule has 0 saturated carbocycles. The lowest BCUT2D eigenvalue weighted by Gasteiger charge is -2.35. The van der Waals surface area contributed by atoms with Crippen molar-refractivity contribution in [1.29, 1.82) is 0 Å². The van der Waals surface area contributed by atoms with Crippen LogP contribution in [0.25, 0.3) is 10.8 Å². The third kappa shape index (κ3) is 4.45. The first-order valence-electron chi connectivity index (χ1n) is 12.7. The number of hydrogen-bond acceptors (Lipinski definition) is 7. The standard InChI is InChI=1S/C27H33N7O2/c1-5-31(16-22-14-20-8-6-7-9-21(20)15-28-22)25-23-17-34(18(2)3)26(36)24(23)29-27(30-25)33-12-10-32(11-13-33)19(4)35/h6-9,14-15,18H,5,10-13,16-17H2,1-4H3. The zero-order valence-electron chi connectivity index (χ0n) is 21.4. The Kier molecular flexibility index (Phi) is 6.47. The van der Waals surface area contributed by atoms with Gasteiger partial charge in [0.05, 0.1) is 18.8 Å². The van der Waals surface area contributed by atoms with Crippen LogP contribution in [0.15, 0.2) is 36.5 Å². The molecule has 0 unspecified atom stereocenters. The van der Waals surface area contributed by atoms with Crippen molar-refractivity contribution in [2.24, 2.45) is 0 Å². The number of amides is 2. The lowest BCUT2D eigenvalue weighted by molar-refractivity contribution is -0.129. The minimum Gasteiger partial charge on any atom is -0.351 e. The second-order valence-electron chi connectivity index (χ2n) is 9.73. The minimum absolute atomic E-state index is 0.0489. The predicted molar refractivity (Wildman–Crippen MR) is 140 cm³/mol. The molecule has 0 N–H and O–H groups in total. The summed E-state index contributed by atoms with van der Waals surface area (Å²) in [5, 5.41) is 2.26. The summed E-state index contributed by atoms with van der Waals surface area (Å²) in [5.41, 5.74) is 2.31. The molecule has 1 saturated heterocycles. The normalized spacial score (nSPS) is 15.7. The smallest absolute Gasteiger partial charge is 0.273 e. The van der Waals surface area contributed by atoms with Gasteiger partial charge in [-0.1, -0.05) is 24.3 Å². The van der Waals surface area contributed by atoms with Crippen molar-refractivity contribution in [1.82, 2.24) is 24.8 Å². The lowest BCUT2D eigenvalue weighted by atomic mass is 10.1. The highest BCUT2D eigenvalue weighted by atomic mass is 16.2. The zero-order valence-corrected chi connectivity index (χ0v) is 21.4. The van der Waals surface area contributed by atoms with Crippen molar-refractivity contribution in [3.63, 3.8) is 0 Å². The number of pyridine rings is 1. The molecule has 4 heterocycles. The SMILES string of the molecule is CCN(Cc1cc2ccccc2cn1)c1nc(N2CCN(C(C)=O)CC2)nc2c1CN(C(C)C)C2=O. The van der Waals surface area contributed by atoms with E-state index in [9.17, 15) is 9.59 Å². The summed E-state index contributed by atoms with van der Waals surface area (Å²) >= 11 is 0. The summed E-state index contributed by atoms with van der Waals surface area (Å²) in [6, 6.07) is 10.4. The van der Waals surface area contributed by atoms with E-state index < -0.39 is 0 Å². The first-order chi connectivity index (χ1) is 17.4. The van der Waals surface area contributed by atoms with E-state index in [0.717, 1.165) is 27.8 Å². The van der Waals surface area contributed by atoms with Crippen molar-refractivity contribution in [3.05, 3.63) is 53.5 Å². The van der Waals surface area contributed by atoms with E-state index in [-0.39, 0.29) is 17.9 Å². The molecule has 9 nitrogen and oxygen atoms in total. The Morgan fingerprint density at radius 1 is 1.08 bits per heavy atom. The number of aromatic nitrogens is 3. The highest BCUT2D eigenvalue weighted by Gasteiger charge is 2.36. The number of nitrogens with zero attached hydrogens (tertiary/aromatic N) is 7. The second-order valence-corrected chi connectivity index (χ2v) is 9.73. The van der Waals surface area contributed by atoms with E-state index in [1.807, 2.05) is 42.0 Å². The Hall–Kier alpha value is -3.75. The van der Waals surface area contributed by atoms with Gasteiger partial charge in [0.1, 0.15) is 11.5 Å².